The molecule has 6 heteroatoms. The quantitative estimate of drug-likeness (QED) is 0.728. The Bertz CT molecular complexity index is 960. The predicted octanol–water partition coefficient (Wildman–Crippen LogP) is 4.24. The largest absolute Gasteiger partial charge is 0.322 e. The first-order valence-corrected chi connectivity index (χ1v) is 10.4. The first-order valence-electron chi connectivity index (χ1n) is 9.58. The highest BCUT2D eigenvalue weighted by molar-refractivity contribution is 9.10. The molecule has 2 aromatic rings. The van der Waals surface area contributed by atoms with Crippen molar-refractivity contribution in [3.05, 3.63) is 58.6 Å². The number of anilines is 2. The van der Waals surface area contributed by atoms with Crippen LogP contribution >= 0.6 is 15.9 Å². The van der Waals surface area contributed by atoms with Crippen LogP contribution in [0.3, 0.4) is 0 Å². The number of nitrogens with zero attached hydrogens (tertiary/aromatic N) is 1. The Kier molecular flexibility index (Phi) is 4.12. The van der Waals surface area contributed by atoms with Crippen LogP contribution in [0.2, 0.25) is 0 Å². The summed E-state index contributed by atoms with van der Waals surface area (Å²) in [6.07, 6.45) is 3.11. The smallest absolute Gasteiger partial charge is 0.255 e. The van der Waals surface area contributed by atoms with Crippen LogP contribution < -0.4 is 10.2 Å². The van der Waals surface area contributed by atoms with Gasteiger partial charge in [0.1, 0.15) is 0 Å². The fourth-order valence-electron chi connectivity index (χ4n) is 5.19. The molecule has 5 rings (SSSR count). The van der Waals surface area contributed by atoms with E-state index in [9.17, 15) is 14.4 Å². The summed E-state index contributed by atoms with van der Waals surface area (Å²) in [5.41, 5.74) is 1.59. The molecule has 2 aliphatic carbocycles. The predicted molar refractivity (Wildman–Crippen MR) is 109 cm³/mol. The lowest BCUT2D eigenvalue weighted by Crippen LogP contribution is -2.33. The number of nitrogens with one attached hydrogen (secondary N) is 1. The highest BCUT2D eigenvalue weighted by Gasteiger charge is 2.61. The molecule has 2 bridgehead atoms. The molecule has 0 spiro atoms. The normalized spacial score (nSPS) is 28.0. The Morgan fingerprint density at radius 1 is 0.964 bits per heavy atom. The summed E-state index contributed by atoms with van der Waals surface area (Å²) >= 11 is 3.37. The van der Waals surface area contributed by atoms with Gasteiger partial charge in [0.25, 0.3) is 5.91 Å². The van der Waals surface area contributed by atoms with Gasteiger partial charge in [-0.05, 0) is 73.6 Å². The van der Waals surface area contributed by atoms with Crippen LogP contribution in [0.1, 0.15) is 29.6 Å². The fourth-order valence-corrected chi connectivity index (χ4v) is 5.45. The Morgan fingerprint density at radius 2 is 1.61 bits per heavy atom. The van der Waals surface area contributed by atoms with E-state index >= 15 is 0 Å². The maximum Gasteiger partial charge on any atom is 0.255 e. The van der Waals surface area contributed by atoms with Crippen molar-refractivity contribution in [2.75, 3.05) is 10.2 Å². The number of fused-ring (bicyclic) bond motifs is 5. The molecule has 1 saturated heterocycles. The average Bonchev–Trinajstić information content (AvgIpc) is 3.37. The van der Waals surface area contributed by atoms with Gasteiger partial charge >= 0.3 is 0 Å². The molecule has 1 N–H and O–H groups in total. The number of amides is 3. The lowest BCUT2D eigenvalue weighted by Gasteiger charge is -2.19. The van der Waals surface area contributed by atoms with Crippen LogP contribution in [0.4, 0.5) is 11.4 Å². The fraction of sp³-hybridized carbons (Fsp3) is 0.318. The first kappa shape index (κ1) is 17.6. The van der Waals surface area contributed by atoms with E-state index in [-0.39, 0.29) is 29.6 Å². The van der Waals surface area contributed by atoms with Crippen molar-refractivity contribution in [3.8, 4) is 0 Å². The zero-order chi connectivity index (χ0) is 19.4. The van der Waals surface area contributed by atoms with Crippen LogP contribution in [0.15, 0.2) is 53.0 Å². The maximum absolute atomic E-state index is 13.0. The number of hydrogen-bond acceptors (Lipinski definition) is 3. The molecule has 3 fully saturated rings. The third-order valence-electron chi connectivity index (χ3n) is 6.40. The number of benzene rings is 2. The van der Waals surface area contributed by atoms with E-state index in [1.54, 1.807) is 36.4 Å². The van der Waals surface area contributed by atoms with Gasteiger partial charge in [0.05, 0.1) is 17.5 Å². The molecular weight excluding hydrogens is 420 g/mol. The number of rotatable bonds is 3. The molecule has 5 nitrogen and oxygen atoms in total. The first-order chi connectivity index (χ1) is 13.5. The minimum absolute atomic E-state index is 0.0901. The molecule has 1 aliphatic heterocycles. The molecular formula is C22H19BrN2O3. The van der Waals surface area contributed by atoms with Gasteiger partial charge in [-0.1, -0.05) is 22.0 Å². The maximum atomic E-state index is 13.0. The summed E-state index contributed by atoms with van der Waals surface area (Å²) < 4.78 is 0.929. The van der Waals surface area contributed by atoms with E-state index in [0.717, 1.165) is 23.7 Å². The van der Waals surface area contributed by atoms with Gasteiger partial charge < -0.3 is 5.32 Å². The van der Waals surface area contributed by atoms with Crippen LogP contribution in [0.5, 0.6) is 0 Å². The molecule has 3 aliphatic rings. The van der Waals surface area contributed by atoms with Crippen molar-refractivity contribution in [2.45, 2.75) is 19.3 Å². The lowest BCUT2D eigenvalue weighted by molar-refractivity contribution is -0.123. The van der Waals surface area contributed by atoms with Crippen LogP contribution in [0, 0.1) is 23.7 Å². The van der Waals surface area contributed by atoms with Crippen LogP contribution in [0.25, 0.3) is 0 Å². The number of halogens is 1. The van der Waals surface area contributed by atoms with E-state index in [4.69, 9.17) is 0 Å². The molecule has 2 aromatic carbocycles. The topological polar surface area (TPSA) is 66.5 Å². The Labute approximate surface area is 171 Å². The summed E-state index contributed by atoms with van der Waals surface area (Å²) in [5.74, 6) is -0.0810. The number of hydrogen-bond donors (Lipinski definition) is 1. The Morgan fingerprint density at radius 3 is 2.25 bits per heavy atom. The molecule has 0 radical (unpaired) electrons. The van der Waals surface area contributed by atoms with E-state index in [1.807, 2.05) is 12.1 Å². The summed E-state index contributed by atoms with van der Waals surface area (Å²) in [7, 11) is 0. The standard InChI is InChI=1S/C22H19BrN2O3/c23-15-6-8-16(9-7-15)24-20(26)14-2-1-3-17(11-14)25-21(27)18-12-4-5-13(10-12)19(18)22(25)28/h1-3,6-9,11-13,18-19H,4-5,10H2,(H,24,26)/t12-,13-,18-,19-/m0/s1. The van der Waals surface area contributed by atoms with Gasteiger partial charge in [0.15, 0.2) is 0 Å². The van der Waals surface area contributed by atoms with Gasteiger partial charge in [0.2, 0.25) is 11.8 Å². The molecule has 0 aromatic heterocycles. The zero-order valence-electron chi connectivity index (χ0n) is 15.1. The summed E-state index contributed by atoms with van der Waals surface area (Å²) in [4.78, 5) is 39.9. The van der Waals surface area contributed by atoms with E-state index in [0.29, 0.717) is 28.8 Å². The summed E-state index contributed by atoms with van der Waals surface area (Å²) in [5, 5.41) is 2.84. The van der Waals surface area contributed by atoms with Gasteiger partial charge in [-0.25, -0.2) is 0 Å². The third kappa shape index (κ3) is 2.70. The van der Waals surface area contributed by atoms with Gasteiger partial charge in [-0.3, -0.25) is 19.3 Å². The minimum atomic E-state index is -0.275. The number of carbonyl (C=O) groups excluding carboxylic acids is 3. The SMILES string of the molecule is O=C(Nc1ccc(Br)cc1)c1cccc(N2C(=O)[C@H]3[C@H]4CC[C@@H](C4)[C@@H]3C2=O)c1. The van der Waals surface area contributed by atoms with Gasteiger partial charge in [0, 0.05) is 15.7 Å². The second kappa shape index (κ2) is 6.55. The molecule has 0 unspecified atom stereocenters. The number of carbonyl (C=O) groups is 3. The molecule has 1 heterocycles. The number of imide groups is 1. The monoisotopic (exact) mass is 438 g/mol. The molecule has 2 saturated carbocycles. The van der Waals surface area contributed by atoms with E-state index in [1.165, 1.54) is 4.90 Å². The van der Waals surface area contributed by atoms with Crippen molar-refractivity contribution >= 4 is 45.0 Å². The Balaban J connectivity index is 1.40. The van der Waals surface area contributed by atoms with Crippen molar-refractivity contribution in [1.82, 2.24) is 0 Å². The van der Waals surface area contributed by atoms with Crippen LogP contribution in [-0.2, 0) is 9.59 Å². The molecule has 142 valence electrons. The van der Waals surface area contributed by atoms with Crippen molar-refractivity contribution in [1.29, 1.82) is 0 Å². The van der Waals surface area contributed by atoms with Gasteiger partial charge in [-0.15, -0.1) is 0 Å². The minimum Gasteiger partial charge on any atom is -0.322 e. The van der Waals surface area contributed by atoms with E-state index < -0.39 is 0 Å². The van der Waals surface area contributed by atoms with Crippen molar-refractivity contribution in [2.24, 2.45) is 23.7 Å². The highest BCUT2D eigenvalue weighted by atomic mass is 79.9. The average molecular weight is 439 g/mol. The zero-order valence-corrected chi connectivity index (χ0v) is 16.7. The van der Waals surface area contributed by atoms with Crippen molar-refractivity contribution in [3.63, 3.8) is 0 Å². The summed E-state index contributed by atoms with van der Waals surface area (Å²) in [6, 6.07) is 14.1. The highest BCUT2D eigenvalue weighted by Crippen LogP contribution is 2.56. The van der Waals surface area contributed by atoms with E-state index in [2.05, 4.69) is 21.2 Å². The van der Waals surface area contributed by atoms with Gasteiger partial charge in [-0.2, -0.15) is 0 Å². The molecule has 4 atom stereocenters. The second-order valence-corrected chi connectivity index (χ2v) is 8.82. The van der Waals surface area contributed by atoms with Crippen LogP contribution in [-0.4, -0.2) is 17.7 Å². The van der Waals surface area contributed by atoms with Crippen molar-refractivity contribution < 1.29 is 14.4 Å². The Hall–Kier alpha value is -2.47. The third-order valence-corrected chi connectivity index (χ3v) is 6.92. The lowest BCUT2D eigenvalue weighted by atomic mass is 9.81. The molecule has 28 heavy (non-hydrogen) atoms. The summed E-state index contributed by atoms with van der Waals surface area (Å²) in [6.45, 7) is 0. The molecule has 3 amide bonds. The second-order valence-electron chi connectivity index (χ2n) is 7.91.